The third kappa shape index (κ3) is 8.45. The molecule has 0 radical (unpaired) electrons. The fourth-order valence-electron chi connectivity index (χ4n) is 5.74. The van der Waals surface area contributed by atoms with Gasteiger partial charge in [0.05, 0.1) is 29.9 Å². The number of hydroxylamine groups is 1. The van der Waals surface area contributed by atoms with Gasteiger partial charge in [0.15, 0.2) is 0 Å². The number of rotatable bonds is 12. The Hall–Kier alpha value is -3.49. The van der Waals surface area contributed by atoms with Crippen molar-refractivity contribution in [1.29, 1.82) is 0 Å². The lowest BCUT2D eigenvalue weighted by atomic mass is 9.84. The molecule has 0 aliphatic carbocycles. The number of nitrogens with one attached hydrogen (secondary N) is 2. The van der Waals surface area contributed by atoms with Crippen LogP contribution in [0.5, 0.6) is 5.75 Å². The fraction of sp³-hybridized carbons (Fsp3) is 0.424. The van der Waals surface area contributed by atoms with Gasteiger partial charge in [-0.25, -0.2) is 15.4 Å². The van der Waals surface area contributed by atoms with Crippen molar-refractivity contribution in [2.24, 2.45) is 0 Å². The van der Waals surface area contributed by atoms with E-state index in [-0.39, 0.29) is 5.91 Å². The van der Waals surface area contributed by atoms with Crippen molar-refractivity contribution in [2.45, 2.75) is 44.8 Å². The van der Waals surface area contributed by atoms with Gasteiger partial charge in [0.1, 0.15) is 5.75 Å². The summed E-state index contributed by atoms with van der Waals surface area (Å²) in [4.78, 5) is 30.6. The molecule has 2 aliphatic heterocycles. The van der Waals surface area contributed by atoms with Crippen molar-refractivity contribution in [2.75, 3.05) is 57.2 Å². The van der Waals surface area contributed by atoms with Crippen molar-refractivity contribution in [3.05, 3.63) is 76.4 Å². The maximum Gasteiger partial charge on any atom is 0.487 e. The van der Waals surface area contributed by atoms with Crippen LogP contribution in [0.3, 0.4) is 0 Å². The van der Waals surface area contributed by atoms with Crippen LogP contribution in [0.2, 0.25) is 0 Å². The minimum atomic E-state index is -0.508. The molecular formula is C33H42BBrN6O5. The lowest BCUT2D eigenvalue weighted by Gasteiger charge is -2.39. The van der Waals surface area contributed by atoms with Crippen LogP contribution >= 0.6 is 15.9 Å². The molecule has 244 valence electrons. The molecule has 3 aromatic rings. The average Bonchev–Trinajstić information content (AvgIpc) is 3.28. The van der Waals surface area contributed by atoms with Crippen LogP contribution < -0.4 is 20.4 Å². The second-order valence-electron chi connectivity index (χ2n) is 12.2. The number of amides is 1. The molecule has 1 unspecified atom stereocenters. The number of aromatic nitrogens is 2. The van der Waals surface area contributed by atoms with Gasteiger partial charge in [0.25, 0.3) is 5.91 Å². The van der Waals surface area contributed by atoms with Gasteiger partial charge in [-0.2, -0.15) is 0 Å². The van der Waals surface area contributed by atoms with Crippen molar-refractivity contribution in [3.8, 4) is 5.75 Å². The Labute approximate surface area is 279 Å². The summed E-state index contributed by atoms with van der Waals surface area (Å²) in [6.07, 6.45) is 7.22. The van der Waals surface area contributed by atoms with E-state index in [0.717, 1.165) is 61.3 Å². The third-order valence-electron chi connectivity index (χ3n) is 8.72. The Morgan fingerprint density at radius 1 is 1.07 bits per heavy atom. The number of anilines is 3. The van der Waals surface area contributed by atoms with Gasteiger partial charge in [0.2, 0.25) is 5.95 Å². The van der Waals surface area contributed by atoms with Crippen LogP contribution in [0, 0.1) is 0 Å². The Balaban J connectivity index is 1.11. The Bertz CT molecular complexity index is 1520. The van der Waals surface area contributed by atoms with Crippen molar-refractivity contribution >= 4 is 52.4 Å². The van der Waals surface area contributed by atoms with Crippen molar-refractivity contribution in [1.82, 2.24) is 20.3 Å². The van der Waals surface area contributed by atoms with Gasteiger partial charge in [-0.05, 0) is 98.0 Å². The second-order valence-corrected chi connectivity index (χ2v) is 13.1. The molecule has 5 rings (SSSR count). The molecule has 1 aromatic heterocycles. The predicted molar refractivity (Wildman–Crippen MR) is 184 cm³/mol. The number of piperazine rings is 1. The van der Waals surface area contributed by atoms with E-state index in [1.165, 1.54) is 12.8 Å². The molecular weight excluding hydrogens is 651 g/mol. The van der Waals surface area contributed by atoms with E-state index >= 15 is 0 Å². The van der Waals surface area contributed by atoms with E-state index in [1.807, 2.05) is 24.2 Å². The summed E-state index contributed by atoms with van der Waals surface area (Å²) in [6, 6.07) is 13.7. The van der Waals surface area contributed by atoms with Crippen LogP contribution in [0.15, 0.2) is 65.3 Å². The highest BCUT2D eigenvalue weighted by Gasteiger charge is 2.52. The van der Waals surface area contributed by atoms with E-state index in [0.29, 0.717) is 17.3 Å². The maximum absolute atomic E-state index is 12.3. The molecule has 11 nitrogen and oxygen atoms in total. The molecule has 0 spiro atoms. The Morgan fingerprint density at radius 2 is 1.83 bits per heavy atom. The number of halogens is 1. The lowest BCUT2D eigenvalue weighted by molar-refractivity contribution is -0.0184. The van der Waals surface area contributed by atoms with Crippen LogP contribution in [0.25, 0.3) is 6.08 Å². The first-order valence-corrected chi connectivity index (χ1v) is 16.2. The number of nitrogens with zero attached hydrogens (tertiary/aromatic N) is 4. The van der Waals surface area contributed by atoms with E-state index in [4.69, 9.17) is 18.9 Å². The highest BCUT2D eigenvalue weighted by Crippen LogP contribution is 2.41. The number of benzene rings is 2. The summed E-state index contributed by atoms with van der Waals surface area (Å²) in [5, 5.41) is 3.29. The number of hydrogen-bond donors (Lipinski definition) is 2. The van der Waals surface area contributed by atoms with Crippen LogP contribution in [-0.2, 0) is 14.1 Å². The molecule has 3 heterocycles. The number of methoxy groups -OCH3 is 1. The zero-order valence-corrected chi connectivity index (χ0v) is 28.7. The molecule has 0 saturated carbocycles. The predicted octanol–water partition coefficient (Wildman–Crippen LogP) is 5.51. The fourth-order valence-corrected chi connectivity index (χ4v) is 5.95. The molecule has 2 fully saturated rings. The number of carbonyl (C=O) groups is 1. The van der Waals surface area contributed by atoms with Crippen LogP contribution in [-0.4, -0.2) is 86.0 Å². The molecule has 2 saturated heterocycles. The Kier molecular flexibility index (Phi) is 11.0. The minimum Gasteiger partial charge on any atom is -0.497 e. The van der Waals surface area contributed by atoms with E-state index in [1.54, 1.807) is 31.6 Å². The highest BCUT2D eigenvalue weighted by atomic mass is 79.9. The lowest BCUT2D eigenvalue weighted by Crippen LogP contribution is -2.48. The number of ether oxygens (including phenoxy) is 1. The van der Waals surface area contributed by atoms with E-state index < -0.39 is 18.3 Å². The molecule has 46 heavy (non-hydrogen) atoms. The van der Waals surface area contributed by atoms with Crippen LogP contribution in [0.1, 0.15) is 49.5 Å². The highest BCUT2D eigenvalue weighted by molar-refractivity contribution is 9.10. The SMILES string of the molecule is CONC(=O)c1cc(C=CB2OC(C)(C)C(C)(CCCN3CCN(c4cccc(Nc5ncc(Br)cn5)c4)CC3)O2)cc(OC)c1. The zero-order valence-electron chi connectivity index (χ0n) is 27.1. The largest absolute Gasteiger partial charge is 0.497 e. The van der Waals surface area contributed by atoms with Gasteiger partial charge >= 0.3 is 7.12 Å². The average molecular weight is 693 g/mol. The molecule has 2 N–H and O–H groups in total. The number of carbonyl (C=O) groups excluding carboxylic acids is 1. The third-order valence-corrected chi connectivity index (χ3v) is 9.13. The first-order chi connectivity index (χ1) is 22.1. The van der Waals surface area contributed by atoms with Crippen molar-refractivity contribution < 1.29 is 23.7 Å². The van der Waals surface area contributed by atoms with Gasteiger partial charge in [0, 0.05) is 55.5 Å². The van der Waals surface area contributed by atoms with E-state index in [9.17, 15) is 4.79 Å². The summed E-state index contributed by atoms with van der Waals surface area (Å²) in [5.74, 6) is 2.67. The maximum atomic E-state index is 12.3. The quantitative estimate of drug-likeness (QED) is 0.186. The van der Waals surface area contributed by atoms with E-state index in [2.05, 4.69) is 85.5 Å². The smallest absolute Gasteiger partial charge is 0.487 e. The standard InChI is InChI=1S/C33H42BBrN6O5/c1-32(2)33(3,46-34(45-32)12-10-24-18-25(30(42)39-44-5)20-29(19-24)43-4)11-7-13-40-14-16-41(17-15-40)28-9-6-8-27(21-28)38-31-36-22-26(35)23-37-31/h6,8-10,12,18-23H,7,11,13-17H2,1-5H3,(H,39,42)(H,36,37,38). The second kappa shape index (κ2) is 14.9. The monoisotopic (exact) mass is 692 g/mol. The first-order valence-electron chi connectivity index (χ1n) is 15.5. The molecule has 13 heteroatoms. The van der Waals surface area contributed by atoms with Gasteiger partial charge in [-0.15, -0.1) is 0 Å². The van der Waals surface area contributed by atoms with Gasteiger partial charge in [-0.1, -0.05) is 18.1 Å². The van der Waals surface area contributed by atoms with Gasteiger partial charge < -0.3 is 24.3 Å². The zero-order chi connectivity index (χ0) is 32.7. The summed E-state index contributed by atoms with van der Waals surface area (Å²) >= 11 is 3.37. The topological polar surface area (TPSA) is 110 Å². The molecule has 1 amide bonds. The normalized spacial score (nSPS) is 19.9. The summed E-state index contributed by atoms with van der Waals surface area (Å²) in [6.45, 7) is 11.2. The summed E-state index contributed by atoms with van der Waals surface area (Å²) in [5.41, 5.74) is 4.79. The molecule has 1 atom stereocenters. The number of hydrogen-bond acceptors (Lipinski definition) is 10. The first kappa shape index (κ1) is 33.9. The molecule has 2 aliphatic rings. The molecule has 2 aromatic carbocycles. The summed E-state index contributed by atoms with van der Waals surface area (Å²) in [7, 11) is 2.46. The van der Waals surface area contributed by atoms with Crippen molar-refractivity contribution in [3.63, 3.8) is 0 Å². The molecule has 0 bridgehead atoms. The Morgan fingerprint density at radius 3 is 2.54 bits per heavy atom. The van der Waals surface area contributed by atoms with Crippen LogP contribution in [0.4, 0.5) is 17.3 Å². The summed E-state index contributed by atoms with van der Waals surface area (Å²) < 4.78 is 19.1. The minimum absolute atomic E-state index is 0.353. The van der Waals surface area contributed by atoms with Gasteiger partial charge in [-0.3, -0.25) is 14.5 Å².